The van der Waals surface area contributed by atoms with Gasteiger partial charge in [-0.3, -0.25) is 19.2 Å². The number of nitrogens with zero attached hydrogens (tertiary/aromatic N) is 3. The van der Waals surface area contributed by atoms with Gasteiger partial charge in [0.2, 0.25) is 0 Å². The van der Waals surface area contributed by atoms with Gasteiger partial charge in [0.15, 0.2) is 5.69 Å². The molecule has 7 nitrogen and oxygen atoms in total. The number of hydrogen-bond acceptors (Lipinski definition) is 4. The van der Waals surface area contributed by atoms with E-state index in [0.717, 1.165) is 18.9 Å². The van der Waals surface area contributed by atoms with Crippen molar-refractivity contribution < 1.29 is 36.6 Å². The van der Waals surface area contributed by atoms with Gasteiger partial charge in [0, 0.05) is 18.2 Å². The molecule has 0 spiro atoms. The highest BCUT2D eigenvalue weighted by atomic mass is 19.4. The first-order chi connectivity index (χ1) is 16.9. The Hall–Kier alpha value is -3.02. The summed E-state index contributed by atoms with van der Waals surface area (Å²) in [6.07, 6.45) is -1.70. The molecular formula is C24H27F5N4O3. The van der Waals surface area contributed by atoms with Crippen molar-refractivity contribution in [3.8, 4) is 11.3 Å². The fraction of sp³-hybridized carbons (Fsp3) is 0.542. The lowest BCUT2D eigenvalue weighted by Gasteiger charge is -2.39. The molecule has 0 radical (unpaired) electrons. The molecule has 2 aromatic rings. The summed E-state index contributed by atoms with van der Waals surface area (Å²) in [4.78, 5) is 25.8. The van der Waals surface area contributed by atoms with Crippen LogP contribution in [0, 0.1) is 0 Å². The Morgan fingerprint density at radius 2 is 1.83 bits per heavy atom. The van der Waals surface area contributed by atoms with Crippen LogP contribution in [0.4, 0.5) is 22.0 Å². The lowest BCUT2D eigenvalue weighted by Crippen LogP contribution is -2.57. The topological polar surface area (TPSA) is 87.5 Å². The lowest BCUT2D eigenvalue weighted by atomic mass is 10.0. The summed E-state index contributed by atoms with van der Waals surface area (Å²) in [5.41, 5.74) is -0.896. The van der Waals surface area contributed by atoms with Crippen molar-refractivity contribution in [2.24, 2.45) is 0 Å². The van der Waals surface area contributed by atoms with Crippen LogP contribution in [0.2, 0.25) is 0 Å². The van der Waals surface area contributed by atoms with E-state index in [4.69, 9.17) is 0 Å². The normalized spacial score (nSPS) is 19.1. The monoisotopic (exact) mass is 514 g/mol. The van der Waals surface area contributed by atoms with Crippen LogP contribution in [-0.4, -0.2) is 63.3 Å². The second kappa shape index (κ2) is 10.2. The number of halogens is 5. The Morgan fingerprint density at radius 3 is 2.44 bits per heavy atom. The van der Waals surface area contributed by atoms with E-state index in [1.807, 2.05) is 0 Å². The molecule has 1 aromatic carbocycles. The molecule has 1 atom stereocenters. The molecule has 0 bridgehead atoms. The molecule has 2 N–H and O–H groups in total. The van der Waals surface area contributed by atoms with Gasteiger partial charge in [0.25, 0.3) is 11.8 Å². The van der Waals surface area contributed by atoms with E-state index in [1.165, 1.54) is 33.8 Å². The van der Waals surface area contributed by atoms with Crippen LogP contribution < -0.4 is 5.32 Å². The fourth-order valence-electron chi connectivity index (χ4n) is 4.89. The highest BCUT2D eigenvalue weighted by Gasteiger charge is 2.43. The smallest absolute Gasteiger partial charge is 0.417 e. The molecule has 1 aliphatic heterocycles. The van der Waals surface area contributed by atoms with Gasteiger partial charge in [0.1, 0.15) is 0 Å². The SMILES string of the molecule is O=C(O)C[C@H](CCN1CC(F)(F)C1)NC(=O)c1cc(-c2ccccc2C(F)(F)F)n(C2CCCC2)n1. The second-order valence-electron chi connectivity index (χ2n) is 9.46. The van der Waals surface area contributed by atoms with Crippen molar-refractivity contribution in [3.05, 3.63) is 41.6 Å². The van der Waals surface area contributed by atoms with Crippen molar-refractivity contribution >= 4 is 11.9 Å². The number of alkyl halides is 5. The number of aliphatic carboxylic acids is 1. The van der Waals surface area contributed by atoms with Crippen molar-refractivity contribution in [1.82, 2.24) is 20.0 Å². The summed E-state index contributed by atoms with van der Waals surface area (Å²) >= 11 is 0. The minimum absolute atomic E-state index is 0.0933. The Balaban J connectivity index is 1.58. The largest absolute Gasteiger partial charge is 0.481 e. The number of amides is 1. The van der Waals surface area contributed by atoms with E-state index in [0.29, 0.717) is 12.8 Å². The molecule has 1 saturated heterocycles. The predicted molar refractivity (Wildman–Crippen MR) is 120 cm³/mol. The molecule has 2 aliphatic rings. The van der Waals surface area contributed by atoms with E-state index in [-0.39, 0.29) is 36.0 Å². The van der Waals surface area contributed by atoms with E-state index in [1.54, 1.807) is 0 Å². The Labute approximate surface area is 204 Å². The summed E-state index contributed by atoms with van der Waals surface area (Å²) in [7, 11) is 0. The average Bonchev–Trinajstić information content (AvgIpc) is 3.45. The number of carbonyl (C=O) groups is 2. The zero-order valence-electron chi connectivity index (χ0n) is 19.4. The molecule has 12 heteroatoms. The zero-order valence-corrected chi connectivity index (χ0v) is 19.4. The minimum atomic E-state index is -4.61. The first-order valence-electron chi connectivity index (χ1n) is 11.8. The molecule has 2 fully saturated rings. The number of nitrogens with one attached hydrogen (secondary N) is 1. The van der Waals surface area contributed by atoms with Crippen LogP contribution in [-0.2, 0) is 11.0 Å². The number of carboxylic acids is 1. The maximum atomic E-state index is 13.7. The molecule has 2 heterocycles. The third-order valence-electron chi connectivity index (χ3n) is 6.61. The Bertz CT molecular complexity index is 1100. The van der Waals surface area contributed by atoms with Crippen LogP contribution in [0.1, 0.15) is 60.6 Å². The number of carboxylic acid groups (broad SMARTS) is 1. The molecule has 196 valence electrons. The maximum Gasteiger partial charge on any atom is 0.417 e. The Morgan fingerprint density at radius 1 is 1.17 bits per heavy atom. The average molecular weight is 514 g/mol. The number of carbonyl (C=O) groups excluding carboxylic acids is 1. The first kappa shape index (κ1) is 26.1. The Kier molecular flexibility index (Phi) is 7.35. The van der Waals surface area contributed by atoms with Gasteiger partial charge in [-0.1, -0.05) is 31.0 Å². The first-order valence-corrected chi connectivity index (χ1v) is 11.8. The highest BCUT2D eigenvalue weighted by molar-refractivity contribution is 5.94. The zero-order chi connectivity index (χ0) is 26.1. The number of hydrogen-bond donors (Lipinski definition) is 2. The molecule has 1 aliphatic carbocycles. The third kappa shape index (κ3) is 6.03. The molecule has 1 amide bonds. The van der Waals surface area contributed by atoms with Gasteiger partial charge >= 0.3 is 12.1 Å². The molecular weight excluding hydrogens is 487 g/mol. The third-order valence-corrected chi connectivity index (χ3v) is 6.61. The quantitative estimate of drug-likeness (QED) is 0.478. The van der Waals surface area contributed by atoms with E-state index >= 15 is 0 Å². The van der Waals surface area contributed by atoms with Crippen LogP contribution in [0.3, 0.4) is 0 Å². The summed E-state index contributed by atoms with van der Waals surface area (Å²) in [5, 5.41) is 16.2. The summed E-state index contributed by atoms with van der Waals surface area (Å²) in [6, 6.07) is 5.37. The lowest BCUT2D eigenvalue weighted by molar-refractivity contribution is -0.139. The van der Waals surface area contributed by atoms with E-state index in [2.05, 4.69) is 10.4 Å². The fourth-order valence-corrected chi connectivity index (χ4v) is 4.89. The summed E-state index contributed by atoms with van der Waals surface area (Å²) < 4.78 is 68.8. The van der Waals surface area contributed by atoms with Crippen LogP contribution in [0.5, 0.6) is 0 Å². The second-order valence-corrected chi connectivity index (χ2v) is 9.46. The minimum Gasteiger partial charge on any atom is -0.481 e. The van der Waals surface area contributed by atoms with Crippen LogP contribution in [0.15, 0.2) is 30.3 Å². The van der Waals surface area contributed by atoms with Crippen LogP contribution >= 0.6 is 0 Å². The molecule has 36 heavy (non-hydrogen) atoms. The standard InChI is InChI=1S/C24H27F5N4O3/c25-23(26)13-32(14-23)10-9-15(11-21(34)35)30-22(36)19-12-20(33(31-19)16-5-1-2-6-16)17-7-3-4-8-18(17)24(27,28)29/h3-4,7-8,12,15-16H,1-2,5-6,9-11,13-14H2,(H,30,36)(H,34,35)/t15-/m0/s1. The van der Waals surface area contributed by atoms with Gasteiger partial charge < -0.3 is 10.4 Å². The van der Waals surface area contributed by atoms with E-state index in [9.17, 15) is 36.6 Å². The van der Waals surface area contributed by atoms with Crippen molar-refractivity contribution in [3.63, 3.8) is 0 Å². The number of benzene rings is 1. The highest BCUT2D eigenvalue weighted by Crippen LogP contribution is 2.40. The van der Waals surface area contributed by atoms with Gasteiger partial charge in [-0.05, 0) is 31.4 Å². The van der Waals surface area contributed by atoms with Gasteiger partial charge in [-0.2, -0.15) is 18.3 Å². The van der Waals surface area contributed by atoms with Crippen molar-refractivity contribution in [2.75, 3.05) is 19.6 Å². The maximum absolute atomic E-state index is 13.7. The summed E-state index contributed by atoms with van der Waals surface area (Å²) in [6.45, 7) is -0.669. The summed E-state index contributed by atoms with van der Waals surface area (Å²) in [5.74, 6) is -4.66. The molecule has 4 rings (SSSR count). The van der Waals surface area contributed by atoms with Crippen molar-refractivity contribution in [1.29, 1.82) is 0 Å². The van der Waals surface area contributed by atoms with Gasteiger partial charge in [0.05, 0.1) is 36.8 Å². The molecule has 0 unspecified atom stereocenters. The van der Waals surface area contributed by atoms with Crippen molar-refractivity contribution in [2.45, 2.75) is 62.7 Å². The predicted octanol–water partition coefficient (Wildman–Crippen LogP) is 4.60. The van der Waals surface area contributed by atoms with Gasteiger partial charge in [-0.15, -0.1) is 0 Å². The number of rotatable bonds is 9. The molecule has 1 aromatic heterocycles. The van der Waals surface area contributed by atoms with E-state index < -0.39 is 55.1 Å². The van der Waals surface area contributed by atoms with Crippen LogP contribution in [0.25, 0.3) is 11.3 Å². The molecule has 1 saturated carbocycles. The van der Waals surface area contributed by atoms with Gasteiger partial charge in [-0.25, -0.2) is 8.78 Å². The number of likely N-dealkylation sites (tertiary alicyclic amines) is 1. The number of aromatic nitrogens is 2.